The molecule has 0 radical (unpaired) electrons. The maximum Gasteiger partial charge on any atom is 0.253 e. The van der Waals surface area contributed by atoms with Gasteiger partial charge in [-0.3, -0.25) is 4.79 Å². The van der Waals surface area contributed by atoms with E-state index in [9.17, 15) is 4.79 Å². The molecule has 0 bridgehead atoms. The lowest BCUT2D eigenvalue weighted by atomic mass is 10.1. The van der Waals surface area contributed by atoms with Crippen molar-refractivity contribution in [3.63, 3.8) is 0 Å². The molecule has 4 heteroatoms. The molecule has 4 aromatic rings. The van der Waals surface area contributed by atoms with E-state index in [1.54, 1.807) is 18.2 Å². The fourth-order valence-electron chi connectivity index (χ4n) is 3.11. The molecule has 4 nitrogen and oxygen atoms in total. The van der Waals surface area contributed by atoms with Crippen molar-refractivity contribution in [1.82, 2.24) is 4.90 Å². The highest BCUT2D eigenvalue weighted by Gasteiger charge is 2.11. The zero-order valence-corrected chi connectivity index (χ0v) is 15.7. The van der Waals surface area contributed by atoms with E-state index in [4.69, 9.17) is 9.15 Å². The molecule has 0 spiro atoms. The zero-order chi connectivity index (χ0) is 19.3. The molecule has 0 aliphatic heterocycles. The summed E-state index contributed by atoms with van der Waals surface area (Å²) in [5.41, 5.74) is 1.73. The number of rotatable bonds is 6. The number of amides is 1. The van der Waals surface area contributed by atoms with Gasteiger partial charge in [-0.2, -0.15) is 0 Å². The number of likely N-dealkylation sites (N-methyl/N-ethyl adjacent to an activating group) is 1. The number of hydrogen-bond donors (Lipinski definition) is 0. The van der Waals surface area contributed by atoms with Gasteiger partial charge in [-0.25, -0.2) is 0 Å². The Morgan fingerprint density at radius 3 is 2.50 bits per heavy atom. The molecule has 28 heavy (non-hydrogen) atoms. The first kappa shape index (κ1) is 17.9. The zero-order valence-electron chi connectivity index (χ0n) is 15.7. The van der Waals surface area contributed by atoms with E-state index in [2.05, 4.69) is 12.1 Å². The maximum absolute atomic E-state index is 12.4. The number of furan rings is 1. The van der Waals surface area contributed by atoms with Crippen LogP contribution < -0.4 is 4.74 Å². The third kappa shape index (κ3) is 3.91. The van der Waals surface area contributed by atoms with Gasteiger partial charge < -0.3 is 14.1 Å². The highest BCUT2D eigenvalue weighted by molar-refractivity contribution is 5.94. The first-order chi connectivity index (χ1) is 13.7. The number of carbonyl (C=O) groups is 1. The number of benzene rings is 3. The summed E-state index contributed by atoms with van der Waals surface area (Å²) in [5.74, 6) is 1.64. The molecule has 0 aliphatic rings. The van der Waals surface area contributed by atoms with Crippen molar-refractivity contribution in [2.24, 2.45) is 0 Å². The molecular weight excluding hydrogens is 350 g/mol. The summed E-state index contributed by atoms with van der Waals surface area (Å²) in [4.78, 5) is 14.0. The molecule has 0 saturated carbocycles. The molecule has 140 valence electrons. The Morgan fingerprint density at radius 1 is 0.929 bits per heavy atom. The third-order valence-corrected chi connectivity index (χ3v) is 4.68. The van der Waals surface area contributed by atoms with Crippen LogP contribution in [0, 0.1) is 0 Å². The molecule has 0 saturated heterocycles. The highest BCUT2D eigenvalue weighted by Crippen LogP contribution is 2.27. The van der Waals surface area contributed by atoms with Gasteiger partial charge in [-0.05, 0) is 53.2 Å². The molecule has 0 unspecified atom stereocenters. The second-order valence-electron chi connectivity index (χ2n) is 6.64. The summed E-state index contributed by atoms with van der Waals surface area (Å²) < 4.78 is 11.3. The molecule has 1 heterocycles. The van der Waals surface area contributed by atoms with Crippen LogP contribution in [0.25, 0.3) is 22.1 Å². The Bertz CT molecular complexity index is 1070. The van der Waals surface area contributed by atoms with Crippen LogP contribution in [0.15, 0.2) is 89.5 Å². The van der Waals surface area contributed by atoms with E-state index in [1.165, 1.54) is 0 Å². The van der Waals surface area contributed by atoms with Crippen molar-refractivity contribution in [3.05, 3.63) is 90.7 Å². The normalized spacial score (nSPS) is 10.8. The number of nitrogens with zero attached hydrogens (tertiary/aromatic N) is 1. The van der Waals surface area contributed by atoms with E-state index in [0.717, 1.165) is 27.8 Å². The van der Waals surface area contributed by atoms with Crippen molar-refractivity contribution < 1.29 is 13.9 Å². The molecule has 4 rings (SSSR count). The van der Waals surface area contributed by atoms with Crippen LogP contribution in [0.2, 0.25) is 0 Å². The van der Waals surface area contributed by atoms with Crippen LogP contribution in [0.4, 0.5) is 0 Å². The van der Waals surface area contributed by atoms with Gasteiger partial charge >= 0.3 is 0 Å². The second-order valence-corrected chi connectivity index (χ2v) is 6.64. The largest absolute Gasteiger partial charge is 0.492 e. The van der Waals surface area contributed by atoms with E-state index >= 15 is 0 Å². The minimum Gasteiger partial charge on any atom is -0.492 e. The molecule has 3 aromatic carbocycles. The van der Waals surface area contributed by atoms with Gasteiger partial charge in [0.1, 0.15) is 18.1 Å². The van der Waals surface area contributed by atoms with E-state index in [0.29, 0.717) is 18.7 Å². The average molecular weight is 371 g/mol. The highest BCUT2D eigenvalue weighted by atomic mass is 16.5. The molecule has 0 N–H and O–H groups in total. The van der Waals surface area contributed by atoms with Gasteiger partial charge in [0, 0.05) is 18.2 Å². The number of fused-ring (bicyclic) bond motifs is 1. The Labute approximate surface area is 164 Å². The van der Waals surface area contributed by atoms with Crippen molar-refractivity contribution in [1.29, 1.82) is 0 Å². The van der Waals surface area contributed by atoms with Crippen LogP contribution in [-0.4, -0.2) is 31.0 Å². The lowest BCUT2D eigenvalue weighted by Gasteiger charge is -2.17. The molecular formula is C24H21NO3. The van der Waals surface area contributed by atoms with Crippen molar-refractivity contribution in [3.8, 4) is 17.1 Å². The van der Waals surface area contributed by atoms with Gasteiger partial charge in [-0.1, -0.05) is 36.4 Å². The topological polar surface area (TPSA) is 42.7 Å². The van der Waals surface area contributed by atoms with Crippen LogP contribution in [0.5, 0.6) is 5.75 Å². The first-order valence-corrected chi connectivity index (χ1v) is 9.22. The monoisotopic (exact) mass is 371 g/mol. The minimum absolute atomic E-state index is 0.00633. The Hall–Kier alpha value is -3.53. The summed E-state index contributed by atoms with van der Waals surface area (Å²) in [7, 11) is 1.79. The van der Waals surface area contributed by atoms with E-state index < -0.39 is 0 Å². The van der Waals surface area contributed by atoms with Crippen LogP contribution in [0.3, 0.4) is 0 Å². The summed E-state index contributed by atoms with van der Waals surface area (Å²) in [5, 5.41) is 2.22. The van der Waals surface area contributed by atoms with Crippen molar-refractivity contribution in [2.75, 3.05) is 20.2 Å². The van der Waals surface area contributed by atoms with E-state index in [1.807, 2.05) is 66.7 Å². The van der Waals surface area contributed by atoms with E-state index in [-0.39, 0.29) is 5.91 Å². The van der Waals surface area contributed by atoms with Gasteiger partial charge in [0.05, 0.1) is 12.8 Å². The van der Waals surface area contributed by atoms with Crippen LogP contribution in [0.1, 0.15) is 10.4 Å². The molecule has 0 aliphatic carbocycles. The Kier molecular flexibility index (Phi) is 5.11. The average Bonchev–Trinajstić information content (AvgIpc) is 3.28. The minimum atomic E-state index is -0.00633. The molecule has 0 atom stereocenters. The van der Waals surface area contributed by atoms with Gasteiger partial charge in [-0.15, -0.1) is 0 Å². The first-order valence-electron chi connectivity index (χ1n) is 9.22. The van der Waals surface area contributed by atoms with Gasteiger partial charge in [0.2, 0.25) is 0 Å². The lowest BCUT2D eigenvalue weighted by molar-refractivity contribution is 0.0774. The second kappa shape index (κ2) is 8.01. The van der Waals surface area contributed by atoms with Crippen molar-refractivity contribution >= 4 is 16.7 Å². The smallest absolute Gasteiger partial charge is 0.253 e. The quantitative estimate of drug-likeness (QED) is 0.465. The third-order valence-electron chi connectivity index (χ3n) is 4.68. The molecule has 1 aromatic heterocycles. The molecule has 0 fully saturated rings. The SMILES string of the molecule is CN(CCOc1ccc2cc(-c3ccco3)ccc2c1)C(=O)c1ccccc1. The van der Waals surface area contributed by atoms with Crippen LogP contribution >= 0.6 is 0 Å². The number of carbonyl (C=O) groups excluding carboxylic acids is 1. The van der Waals surface area contributed by atoms with Crippen molar-refractivity contribution in [2.45, 2.75) is 0 Å². The predicted molar refractivity (Wildman–Crippen MR) is 111 cm³/mol. The predicted octanol–water partition coefficient (Wildman–Crippen LogP) is 5.25. The lowest BCUT2D eigenvalue weighted by Crippen LogP contribution is -2.30. The standard InChI is InChI=1S/C24H21NO3/c1-25(24(26)18-6-3-2-4-7-18)13-15-27-22-12-11-19-16-21(10-9-20(19)17-22)23-8-5-14-28-23/h2-12,14,16-17H,13,15H2,1H3. The number of ether oxygens (including phenoxy) is 1. The summed E-state index contributed by atoms with van der Waals surface area (Å²) in [6, 6.07) is 25.3. The fraction of sp³-hybridized carbons (Fsp3) is 0.125. The number of hydrogen-bond acceptors (Lipinski definition) is 3. The molecule has 1 amide bonds. The summed E-state index contributed by atoms with van der Waals surface area (Å²) >= 11 is 0. The van der Waals surface area contributed by atoms with Gasteiger partial charge in [0.25, 0.3) is 5.91 Å². The summed E-state index contributed by atoms with van der Waals surface area (Å²) in [6.07, 6.45) is 1.68. The summed E-state index contributed by atoms with van der Waals surface area (Å²) in [6.45, 7) is 0.953. The Morgan fingerprint density at radius 2 is 1.71 bits per heavy atom. The van der Waals surface area contributed by atoms with Crippen LogP contribution in [-0.2, 0) is 0 Å². The Balaban J connectivity index is 1.38. The fourth-order valence-corrected chi connectivity index (χ4v) is 3.11. The maximum atomic E-state index is 12.4. The van der Waals surface area contributed by atoms with Gasteiger partial charge in [0.15, 0.2) is 0 Å².